The van der Waals surface area contributed by atoms with Crippen molar-refractivity contribution in [1.29, 1.82) is 0 Å². The molecule has 1 aliphatic heterocycles. The summed E-state index contributed by atoms with van der Waals surface area (Å²) in [6.45, 7) is 0. The molecule has 0 radical (unpaired) electrons. The van der Waals surface area contributed by atoms with Crippen molar-refractivity contribution in [3.8, 4) is 0 Å². The van der Waals surface area contributed by atoms with Gasteiger partial charge >= 0.3 is 5.97 Å². The van der Waals surface area contributed by atoms with Crippen LogP contribution in [0.1, 0.15) is 16.8 Å². The van der Waals surface area contributed by atoms with Gasteiger partial charge < -0.3 is 20.3 Å². The number of fused-ring (bicyclic) bond motifs is 1. The monoisotopic (exact) mass is 291 g/mol. The van der Waals surface area contributed by atoms with Crippen LogP contribution >= 0.6 is 0 Å². The van der Waals surface area contributed by atoms with Gasteiger partial charge in [-0.05, 0) is 18.2 Å². The lowest BCUT2D eigenvalue weighted by Gasteiger charge is -2.35. The summed E-state index contributed by atoms with van der Waals surface area (Å²) in [6.07, 6.45) is 0.0665. The third kappa shape index (κ3) is 2.81. The Kier molecular flexibility index (Phi) is 4.11. The first-order valence-electron chi connectivity index (χ1n) is 6.44. The van der Waals surface area contributed by atoms with Crippen LogP contribution in [-0.2, 0) is 14.3 Å². The van der Waals surface area contributed by atoms with Gasteiger partial charge in [-0.1, -0.05) is 0 Å². The number of hydrogen-bond acceptors (Lipinski definition) is 5. The molecule has 1 atom stereocenters. The molecule has 1 aromatic carbocycles. The van der Waals surface area contributed by atoms with E-state index in [2.05, 4.69) is 15.4 Å². The normalized spacial score (nSPS) is 16.8. The first-order chi connectivity index (χ1) is 9.97. The molecule has 0 saturated heterocycles. The van der Waals surface area contributed by atoms with Crippen molar-refractivity contribution in [3.05, 3.63) is 23.8 Å². The first kappa shape index (κ1) is 14.8. The number of ether oxygens (including phenoxy) is 1. The lowest BCUT2D eigenvalue weighted by molar-refractivity contribution is -0.125. The van der Waals surface area contributed by atoms with Gasteiger partial charge in [0.25, 0.3) is 0 Å². The van der Waals surface area contributed by atoms with Crippen LogP contribution in [0.3, 0.4) is 0 Å². The molecule has 7 heteroatoms. The molecule has 112 valence electrons. The van der Waals surface area contributed by atoms with Gasteiger partial charge in [0.15, 0.2) is 0 Å². The largest absolute Gasteiger partial charge is 0.465 e. The van der Waals surface area contributed by atoms with Gasteiger partial charge in [-0.15, -0.1) is 0 Å². The van der Waals surface area contributed by atoms with E-state index in [1.54, 1.807) is 30.1 Å². The summed E-state index contributed by atoms with van der Waals surface area (Å²) in [6, 6.07) is 4.32. The summed E-state index contributed by atoms with van der Waals surface area (Å²) >= 11 is 0. The fourth-order valence-corrected chi connectivity index (χ4v) is 2.26. The van der Waals surface area contributed by atoms with Crippen LogP contribution in [-0.4, -0.2) is 45.0 Å². The Balaban J connectivity index is 2.31. The maximum atomic E-state index is 12.1. The second-order valence-electron chi connectivity index (χ2n) is 4.72. The van der Waals surface area contributed by atoms with E-state index in [1.807, 2.05) is 0 Å². The average molecular weight is 291 g/mol. The van der Waals surface area contributed by atoms with Crippen LogP contribution in [0.4, 0.5) is 11.4 Å². The summed E-state index contributed by atoms with van der Waals surface area (Å²) in [4.78, 5) is 36.8. The molecule has 0 saturated carbocycles. The minimum atomic E-state index is -0.582. The number of nitrogens with zero attached hydrogens (tertiary/aromatic N) is 1. The van der Waals surface area contributed by atoms with Gasteiger partial charge in [0.2, 0.25) is 11.8 Å². The molecular formula is C14H17N3O4. The Morgan fingerprint density at radius 3 is 2.76 bits per heavy atom. The summed E-state index contributed by atoms with van der Waals surface area (Å²) in [7, 11) is 4.56. The number of benzene rings is 1. The molecule has 2 amide bonds. The molecule has 0 bridgehead atoms. The number of esters is 1. The molecule has 21 heavy (non-hydrogen) atoms. The highest BCUT2D eigenvalue weighted by Gasteiger charge is 2.32. The van der Waals surface area contributed by atoms with Crippen LogP contribution in [0.2, 0.25) is 0 Å². The van der Waals surface area contributed by atoms with Crippen molar-refractivity contribution < 1.29 is 19.1 Å². The van der Waals surface area contributed by atoms with Gasteiger partial charge in [-0.2, -0.15) is 0 Å². The lowest BCUT2D eigenvalue weighted by atomic mass is 10.0. The molecule has 1 heterocycles. The summed E-state index contributed by atoms with van der Waals surface area (Å²) in [5, 5.41) is 5.22. The minimum absolute atomic E-state index is 0.0665. The number of likely N-dealkylation sites (N-methyl/N-ethyl adjacent to an activating group) is 1. The highest BCUT2D eigenvalue weighted by molar-refractivity contribution is 6.06. The standard InChI is InChI=1S/C14H17N3O4/c1-15-12(18)7-11-13(19)16-9-6-8(14(20)21-3)4-5-10(9)17(11)2/h4-6,11H,7H2,1-3H3,(H,15,18)(H,16,19)/t11-/m1/s1. The predicted octanol–water partition coefficient (Wildman–Crippen LogP) is 0.366. The van der Waals surface area contributed by atoms with E-state index in [4.69, 9.17) is 0 Å². The molecule has 0 fully saturated rings. The van der Waals surface area contributed by atoms with Crippen molar-refractivity contribution in [1.82, 2.24) is 5.32 Å². The molecule has 2 rings (SSSR count). The molecule has 1 aromatic rings. The van der Waals surface area contributed by atoms with Gasteiger partial charge in [-0.3, -0.25) is 9.59 Å². The van der Waals surface area contributed by atoms with E-state index in [1.165, 1.54) is 14.2 Å². The number of carbonyl (C=O) groups is 3. The first-order valence-corrected chi connectivity index (χ1v) is 6.44. The number of methoxy groups -OCH3 is 1. The second kappa shape index (κ2) is 5.82. The quantitative estimate of drug-likeness (QED) is 0.785. The zero-order chi connectivity index (χ0) is 15.6. The number of amides is 2. The maximum absolute atomic E-state index is 12.1. The van der Waals surface area contributed by atoms with E-state index in [0.29, 0.717) is 11.3 Å². The Morgan fingerprint density at radius 2 is 2.14 bits per heavy atom. The molecule has 0 spiro atoms. The second-order valence-corrected chi connectivity index (χ2v) is 4.72. The molecule has 1 aliphatic rings. The third-order valence-corrected chi connectivity index (χ3v) is 3.48. The van der Waals surface area contributed by atoms with Gasteiger partial charge in [-0.25, -0.2) is 4.79 Å². The molecule has 2 N–H and O–H groups in total. The van der Waals surface area contributed by atoms with E-state index in [9.17, 15) is 14.4 Å². The average Bonchev–Trinajstić information content (AvgIpc) is 2.49. The van der Waals surface area contributed by atoms with Crippen molar-refractivity contribution in [2.45, 2.75) is 12.5 Å². The van der Waals surface area contributed by atoms with Gasteiger partial charge in [0.1, 0.15) is 6.04 Å². The van der Waals surface area contributed by atoms with Crippen molar-refractivity contribution in [3.63, 3.8) is 0 Å². The molecule has 0 aromatic heterocycles. The highest BCUT2D eigenvalue weighted by Crippen LogP contribution is 2.32. The van der Waals surface area contributed by atoms with E-state index >= 15 is 0 Å². The number of nitrogens with one attached hydrogen (secondary N) is 2. The zero-order valence-electron chi connectivity index (χ0n) is 12.1. The summed E-state index contributed by atoms with van der Waals surface area (Å²) in [5.41, 5.74) is 1.63. The van der Waals surface area contributed by atoms with Crippen molar-refractivity contribution in [2.24, 2.45) is 0 Å². The van der Waals surface area contributed by atoms with Crippen molar-refractivity contribution >= 4 is 29.2 Å². The van der Waals surface area contributed by atoms with E-state index < -0.39 is 12.0 Å². The highest BCUT2D eigenvalue weighted by atomic mass is 16.5. The third-order valence-electron chi connectivity index (χ3n) is 3.48. The Morgan fingerprint density at radius 1 is 1.43 bits per heavy atom. The maximum Gasteiger partial charge on any atom is 0.337 e. The van der Waals surface area contributed by atoms with Crippen LogP contribution < -0.4 is 15.5 Å². The van der Waals surface area contributed by atoms with Crippen LogP contribution in [0.25, 0.3) is 0 Å². The zero-order valence-corrected chi connectivity index (χ0v) is 12.1. The fourth-order valence-electron chi connectivity index (χ4n) is 2.26. The Labute approximate surface area is 122 Å². The van der Waals surface area contributed by atoms with Gasteiger partial charge in [0.05, 0.1) is 30.5 Å². The topological polar surface area (TPSA) is 87.7 Å². The number of carbonyl (C=O) groups excluding carboxylic acids is 3. The summed E-state index contributed by atoms with van der Waals surface area (Å²) in [5.74, 6) is -0.963. The Hall–Kier alpha value is -2.57. The van der Waals surface area contributed by atoms with Crippen LogP contribution in [0.5, 0.6) is 0 Å². The van der Waals surface area contributed by atoms with E-state index in [-0.39, 0.29) is 18.2 Å². The van der Waals surface area contributed by atoms with Gasteiger partial charge in [0, 0.05) is 14.1 Å². The minimum Gasteiger partial charge on any atom is -0.465 e. The molecule has 0 unspecified atom stereocenters. The molecule has 7 nitrogen and oxygen atoms in total. The number of hydrogen-bond donors (Lipinski definition) is 2. The van der Waals surface area contributed by atoms with E-state index in [0.717, 1.165) is 5.69 Å². The molecular weight excluding hydrogens is 274 g/mol. The predicted molar refractivity (Wildman–Crippen MR) is 77.3 cm³/mol. The number of anilines is 2. The van der Waals surface area contributed by atoms with Crippen LogP contribution in [0, 0.1) is 0 Å². The SMILES string of the molecule is CNC(=O)C[C@@H]1C(=O)Nc2cc(C(=O)OC)ccc2N1C. The smallest absolute Gasteiger partial charge is 0.337 e. The van der Waals surface area contributed by atoms with Crippen molar-refractivity contribution in [2.75, 3.05) is 31.4 Å². The Bertz CT molecular complexity index is 600. The number of rotatable bonds is 3. The molecule has 0 aliphatic carbocycles. The van der Waals surface area contributed by atoms with Crippen LogP contribution in [0.15, 0.2) is 18.2 Å². The summed E-state index contributed by atoms with van der Waals surface area (Å²) < 4.78 is 4.65. The fraction of sp³-hybridized carbons (Fsp3) is 0.357. The lowest BCUT2D eigenvalue weighted by Crippen LogP contribution is -2.48.